The summed E-state index contributed by atoms with van der Waals surface area (Å²) < 4.78 is 38.1. The van der Waals surface area contributed by atoms with E-state index in [9.17, 15) is 18.3 Å². The summed E-state index contributed by atoms with van der Waals surface area (Å²) in [6.07, 6.45) is 0.979. The van der Waals surface area contributed by atoms with Crippen LogP contribution < -0.4 is 10.6 Å². The minimum absolute atomic E-state index is 0.0447. The number of nitrogens with two attached hydrogens (primary N) is 1. The van der Waals surface area contributed by atoms with Crippen molar-refractivity contribution in [2.24, 2.45) is 0 Å². The quantitative estimate of drug-likeness (QED) is 0.838. The minimum Gasteiger partial charge on any atom is -0.397 e. The number of aliphatic hydroxyl groups is 1. The zero-order chi connectivity index (χ0) is 15.5. The third-order valence-electron chi connectivity index (χ3n) is 4.02. The predicted octanol–water partition coefficient (Wildman–Crippen LogP) is 3.42. The number of benzene rings is 1. The van der Waals surface area contributed by atoms with Gasteiger partial charge in [0.25, 0.3) is 0 Å². The molecule has 21 heavy (non-hydrogen) atoms. The molecule has 0 aliphatic heterocycles. The van der Waals surface area contributed by atoms with E-state index in [0.29, 0.717) is 12.2 Å². The first kappa shape index (κ1) is 15.9. The van der Waals surface area contributed by atoms with Gasteiger partial charge >= 0.3 is 6.18 Å². The number of alkyl halides is 3. The fourth-order valence-electron chi connectivity index (χ4n) is 2.99. The highest BCUT2D eigenvalue weighted by molar-refractivity contribution is 5.69. The average Bonchev–Trinajstić information content (AvgIpc) is 2.45. The number of nitrogen functional groups attached to an aromatic ring is 1. The smallest absolute Gasteiger partial charge is 0.397 e. The van der Waals surface area contributed by atoms with E-state index in [1.807, 2.05) is 4.90 Å². The zero-order valence-corrected chi connectivity index (χ0v) is 11.9. The Morgan fingerprint density at radius 2 is 1.86 bits per heavy atom. The Morgan fingerprint density at radius 1 is 1.19 bits per heavy atom. The maximum absolute atomic E-state index is 12.7. The van der Waals surface area contributed by atoms with Crippen molar-refractivity contribution in [1.29, 1.82) is 0 Å². The van der Waals surface area contributed by atoms with E-state index in [2.05, 4.69) is 0 Å². The Labute approximate surface area is 122 Å². The van der Waals surface area contributed by atoms with Gasteiger partial charge in [0.2, 0.25) is 0 Å². The standard InChI is InChI=1S/C15H21F3N2O/c16-15(17,18)11-6-7-14(13(19)10-11)20(8-9-21)12-4-2-1-3-5-12/h6-7,10,12,21H,1-5,8-9,19H2. The molecule has 0 radical (unpaired) electrons. The Morgan fingerprint density at radius 3 is 2.38 bits per heavy atom. The van der Waals surface area contributed by atoms with Crippen LogP contribution in [-0.2, 0) is 6.18 Å². The number of aliphatic hydroxyl groups excluding tert-OH is 1. The second-order valence-electron chi connectivity index (χ2n) is 5.48. The minimum atomic E-state index is -4.39. The lowest BCUT2D eigenvalue weighted by molar-refractivity contribution is -0.137. The zero-order valence-electron chi connectivity index (χ0n) is 11.9. The second-order valence-corrected chi connectivity index (χ2v) is 5.48. The van der Waals surface area contributed by atoms with Crippen LogP contribution in [0.1, 0.15) is 37.7 Å². The summed E-state index contributed by atoms with van der Waals surface area (Å²) in [5.74, 6) is 0. The van der Waals surface area contributed by atoms with E-state index in [4.69, 9.17) is 5.73 Å². The molecule has 0 spiro atoms. The molecular weight excluding hydrogens is 281 g/mol. The van der Waals surface area contributed by atoms with E-state index in [1.165, 1.54) is 12.5 Å². The lowest BCUT2D eigenvalue weighted by Gasteiger charge is -2.36. The van der Waals surface area contributed by atoms with Gasteiger partial charge in [-0.25, -0.2) is 0 Å². The molecule has 6 heteroatoms. The van der Waals surface area contributed by atoms with Gasteiger partial charge in [-0.2, -0.15) is 13.2 Å². The molecular formula is C15H21F3N2O. The van der Waals surface area contributed by atoms with Crippen molar-refractivity contribution in [2.45, 2.75) is 44.3 Å². The second kappa shape index (κ2) is 6.56. The number of rotatable bonds is 4. The molecule has 0 heterocycles. The Hall–Kier alpha value is -1.43. The van der Waals surface area contributed by atoms with Gasteiger partial charge in [0.05, 0.1) is 23.5 Å². The lowest BCUT2D eigenvalue weighted by Crippen LogP contribution is -2.39. The van der Waals surface area contributed by atoms with Gasteiger partial charge in [0, 0.05) is 12.6 Å². The summed E-state index contributed by atoms with van der Waals surface area (Å²) in [5, 5.41) is 9.24. The molecule has 1 aromatic rings. The summed E-state index contributed by atoms with van der Waals surface area (Å²) >= 11 is 0. The number of halogens is 3. The molecule has 1 aliphatic carbocycles. The van der Waals surface area contributed by atoms with Crippen LogP contribution in [0.25, 0.3) is 0 Å². The van der Waals surface area contributed by atoms with Crippen LogP contribution in [0.4, 0.5) is 24.5 Å². The van der Waals surface area contributed by atoms with E-state index >= 15 is 0 Å². The Bertz CT molecular complexity index is 470. The molecule has 0 unspecified atom stereocenters. The van der Waals surface area contributed by atoms with E-state index < -0.39 is 11.7 Å². The molecule has 3 N–H and O–H groups in total. The van der Waals surface area contributed by atoms with Gasteiger partial charge in [-0.15, -0.1) is 0 Å². The SMILES string of the molecule is Nc1cc(C(F)(F)F)ccc1N(CCO)C1CCCCC1. The topological polar surface area (TPSA) is 49.5 Å². The summed E-state index contributed by atoms with van der Waals surface area (Å²) in [6.45, 7) is 0.344. The predicted molar refractivity (Wildman–Crippen MR) is 77.2 cm³/mol. The molecule has 1 aromatic carbocycles. The summed E-state index contributed by atoms with van der Waals surface area (Å²) in [5.41, 5.74) is 5.79. The highest BCUT2D eigenvalue weighted by Crippen LogP contribution is 2.36. The summed E-state index contributed by atoms with van der Waals surface area (Å²) in [6, 6.07) is 3.69. The van der Waals surface area contributed by atoms with Gasteiger partial charge in [-0.3, -0.25) is 0 Å². The average molecular weight is 302 g/mol. The Balaban J connectivity index is 2.27. The highest BCUT2D eigenvalue weighted by Gasteiger charge is 2.31. The number of anilines is 2. The molecule has 0 atom stereocenters. The van der Waals surface area contributed by atoms with Crippen LogP contribution in [0.15, 0.2) is 18.2 Å². The molecule has 0 aromatic heterocycles. The van der Waals surface area contributed by atoms with Crippen molar-refractivity contribution in [2.75, 3.05) is 23.8 Å². The van der Waals surface area contributed by atoms with Crippen molar-refractivity contribution in [3.63, 3.8) is 0 Å². The molecule has 1 aliphatic rings. The summed E-state index contributed by atoms with van der Waals surface area (Å²) in [7, 11) is 0. The number of hydrogen-bond acceptors (Lipinski definition) is 3. The van der Waals surface area contributed by atoms with E-state index in [0.717, 1.165) is 37.8 Å². The molecule has 3 nitrogen and oxygen atoms in total. The van der Waals surface area contributed by atoms with Gasteiger partial charge in [-0.1, -0.05) is 19.3 Å². The highest BCUT2D eigenvalue weighted by atomic mass is 19.4. The van der Waals surface area contributed by atoms with Crippen LogP contribution in [0.2, 0.25) is 0 Å². The maximum atomic E-state index is 12.7. The van der Waals surface area contributed by atoms with Gasteiger partial charge in [-0.05, 0) is 31.0 Å². The maximum Gasteiger partial charge on any atom is 0.416 e. The molecule has 0 saturated heterocycles. The van der Waals surface area contributed by atoms with Crippen molar-refractivity contribution >= 4 is 11.4 Å². The van der Waals surface area contributed by atoms with Crippen LogP contribution in [0.3, 0.4) is 0 Å². The van der Waals surface area contributed by atoms with E-state index in [1.54, 1.807) is 0 Å². The normalized spacial score (nSPS) is 17.0. The van der Waals surface area contributed by atoms with Crippen molar-refractivity contribution < 1.29 is 18.3 Å². The van der Waals surface area contributed by atoms with E-state index in [-0.39, 0.29) is 18.3 Å². The van der Waals surface area contributed by atoms with Crippen LogP contribution in [0, 0.1) is 0 Å². The molecule has 0 amide bonds. The lowest BCUT2D eigenvalue weighted by atomic mass is 9.93. The van der Waals surface area contributed by atoms with Crippen molar-refractivity contribution in [1.82, 2.24) is 0 Å². The summed E-state index contributed by atoms with van der Waals surface area (Å²) in [4.78, 5) is 1.95. The molecule has 0 bridgehead atoms. The third kappa shape index (κ3) is 3.81. The van der Waals surface area contributed by atoms with Gasteiger partial charge in [0.15, 0.2) is 0 Å². The fraction of sp³-hybridized carbons (Fsp3) is 0.600. The molecule has 118 valence electrons. The Kier molecular flexibility index (Phi) is 4.98. The first-order chi connectivity index (χ1) is 9.93. The van der Waals surface area contributed by atoms with Gasteiger partial charge < -0.3 is 15.7 Å². The number of hydrogen-bond donors (Lipinski definition) is 2. The molecule has 1 fully saturated rings. The first-order valence-electron chi connectivity index (χ1n) is 7.27. The first-order valence-corrected chi connectivity index (χ1v) is 7.27. The van der Waals surface area contributed by atoms with Crippen molar-refractivity contribution in [3.8, 4) is 0 Å². The molecule has 1 saturated carbocycles. The van der Waals surface area contributed by atoms with Crippen LogP contribution in [-0.4, -0.2) is 24.3 Å². The van der Waals surface area contributed by atoms with Crippen LogP contribution >= 0.6 is 0 Å². The molecule has 2 rings (SSSR count). The monoisotopic (exact) mass is 302 g/mol. The largest absolute Gasteiger partial charge is 0.416 e. The van der Waals surface area contributed by atoms with Gasteiger partial charge in [0.1, 0.15) is 0 Å². The fourth-order valence-corrected chi connectivity index (χ4v) is 2.99. The van der Waals surface area contributed by atoms with Crippen LogP contribution in [0.5, 0.6) is 0 Å². The van der Waals surface area contributed by atoms with Crippen molar-refractivity contribution in [3.05, 3.63) is 23.8 Å². The number of nitrogens with zero attached hydrogens (tertiary/aromatic N) is 1. The third-order valence-corrected chi connectivity index (χ3v) is 4.02.